The summed E-state index contributed by atoms with van der Waals surface area (Å²) in [6, 6.07) is 34.3. The fraction of sp³-hybridized carbons (Fsp3) is 0.349. The van der Waals surface area contributed by atoms with Gasteiger partial charge in [0, 0.05) is 5.92 Å². The van der Waals surface area contributed by atoms with Crippen molar-refractivity contribution in [3.63, 3.8) is 0 Å². The van der Waals surface area contributed by atoms with E-state index in [4.69, 9.17) is 23.7 Å². The lowest BCUT2D eigenvalue weighted by molar-refractivity contribution is -0.284. The van der Waals surface area contributed by atoms with Gasteiger partial charge in [-0.3, -0.25) is 0 Å². The summed E-state index contributed by atoms with van der Waals surface area (Å²) in [7, 11) is 0. The van der Waals surface area contributed by atoms with E-state index < -0.39 is 70.8 Å². The van der Waals surface area contributed by atoms with E-state index in [1.165, 1.54) is 0 Å². The fourth-order valence-corrected chi connectivity index (χ4v) is 8.78. The summed E-state index contributed by atoms with van der Waals surface area (Å²) in [5.74, 6) is -3.19. The summed E-state index contributed by atoms with van der Waals surface area (Å²) in [5, 5.41) is 0. The predicted molar refractivity (Wildman–Crippen MR) is 190 cm³/mol. The molecule has 8 atom stereocenters. The Kier molecular flexibility index (Phi) is 9.25. The first-order valence-corrected chi connectivity index (χ1v) is 17.7. The Morgan fingerprint density at radius 2 is 0.942 bits per heavy atom. The van der Waals surface area contributed by atoms with E-state index in [1.54, 1.807) is 121 Å². The summed E-state index contributed by atoms with van der Waals surface area (Å²) >= 11 is 0. The minimum Gasteiger partial charge on any atom is -0.455 e. The first-order chi connectivity index (χ1) is 24.9. The molecular weight excluding hydrogens is 660 g/mol. The second kappa shape index (κ2) is 13.7. The van der Waals surface area contributed by atoms with Crippen LogP contribution in [-0.4, -0.2) is 59.5 Å². The lowest BCUT2D eigenvalue weighted by Crippen LogP contribution is -2.74. The Bertz CT molecular complexity index is 1930. The molecule has 4 aromatic rings. The van der Waals surface area contributed by atoms with Crippen LogP contribution < -0.4 is 0 Å². The van der Waals surface area contributed by atoms with Crippen LogP contribution in [0.2, 0.25) is 0 Å². The molecule has 1 saturated heterocycles. The van der Waals surface area contributed by atoms with Gasteiger partial charge in [0.05, 0.1) is 38.9 Å². The first-order valence-electron chi connectivity index (χ1n) is 17.7. The highest BCUT2D eigenvalue weighted by Gasteiger charge is 2.79. The van der Waals surface area contributed by atoms with Gasteiger partial charge in [0.2, 0.25) is 0 Å². The SMILES string of the molecule is C[C@@H]1C[C@H](OC(=O)c2ccccc2)[C@H](OC(=O)c2ccccc2)[C@@]2(C)[C@H](OC(=O)c3ccccc3)[C@H](OC(=O)c3ccccc3)[C@@H]3C[C@]12OC3(C)C. The molecule has 3 fully saturated rings. The van der Waals surface area contributed by atoms with Gasteiger partial charge in [-0.05, 0) is 88.1 Å². The van der Waals surface area contributed by atoms with Gasteiger partial charge in [0.25, 0.3) is 0 Å². The highest BCUT2D eigenvalue weighted by Crippen LogP contribution is 2.67. The lowest BCUT2D eigenvalue weighted by atomic mass is 9.49. The molecule has 52 heavy (non-hydrogen) atoms. The van der Waals surface area contributed by atoms with Crippen LogP contribution in [0, 0.1) is 17.3 Å². The maximum atomic E-state index is 14.1. The Labute approximate surface area is 303 Å². The van der Waals surface area contributed by atoms with Gasteiger partial charge in [-0.1, -0.05) is 79.7 Å². The number of carbonyl (C=O) groups is 4. The summed E-state index contributed by atoms with van der Waals surface area (Å²) in [6.07, 6.45) is -3.74. The largest absolute Gasteiger partial charge is 0.455 e. The van der Waals surface area contributed by atoms with E-state index in [-0.39, 0.29) is 17.9 Å². The number of esters is 4. The number of rotatable bonds is 8. The molecule has 4 aromatic carbocycles. The van der Waals surface area contributed by atoms with Crippen LogP contribution >= 0.6 is 0 Å². The van der Waals surface area contributed by atoms with Crippen molar-refractivity contribution < 1.29 is 42.9 Å². The second-order valence-electron chi connectivity index (χ2n) is 14.8. The molecule has 9 nitrogen and oxygen atoms in total. The van der Waals surface area contributed by atoms with Crippen LogP contribution in [0.15, 0.2) is 121 Å². The summed E-state index contributed by atoms with van der Waals surface area (Å²) < 4.78 is 32.9. The number of ether oxygens (including phenoxy) is 5. The van der Waals surface area contributed by atoms with Crippen molar-refractivity contribution >= 4 is 23.9 Å². The summed E-state index contributed by atoms with van der Waals surface area (Å²) in [4.78, 5) is 55.7. The normalized spacial score (nSPS) is 29.9. The van der Waals surface area contributed by atoms with Gasteiger partial charge < -0.3 is 23.7 Å². The van der Waals surface area contributed by atoms with Crippen LogP contribution in [-0.2, 0) is 23.7 Å². The van der Waals surface area contributed by atoms with Gasteiger partial charge in [-0.15, -0.1) is 0 Å². The van der Waals surface area contributed by atoms with Crippen molar-refractivity contribution in [2.75, 3.05) is 0 Å². The Balaban J connectivity index is 1.39. The molecule has 0 aromatic heterocycles. The number of benzene rings is 4. The molecule has 1 spiro atoms. The standard InChI is InChI=1S/C43H42O9/c1-27-25-33(48-37(44)28-17-9-5-10-18-28)35(50-39(46)30-21-13-7-14-22-30)42(4)36(51-40(47)31-23-15-8-16-24-31)34(32-26-43(27,42)52-41(32,2)3)49-38(45)29-19-11-6-12-20-29/h5-24,27,32-36H,25-26H2,1-4H3/t27-,32+,33+,34-,35+,36-,42+,43+/m1/s1. The summed E-state index contributed by atoms with van der Waals surface area (Å²) in [6.45, 7) is 7.74. The zero-order valence-electron chi connectivity index (χ0n) is 29.6. The van der Waals surface area contributed by atoms with Crippen LogP contribution in [0.4, 0.5) is 0 Å². The van der Waals surface area contributed by atoms with Crippen LogP contribution in [0.3, 0.4) is 0 Å². The molecule has 2 aliphatic carbocycles. The monoisotopic (exact) mass is 702 g/mol. The third kappa shape index (κ3) is 6.06. The average Bonchev–Trinajstić information content (AvgIpc) is 3.44. The van der Waals surface area contributed by atoms with Gasteiger partial charge >= 0.3 is 23.9 Å². The number of fused-ring (bicyclic) bond motifs is 1. The minimum absolute atomic E-state index is 0.286. The molecule has 2 saturated carbocycles. The molecule has 0 unspecified atom stereocenters. The smallest absolute Gasteiger partial charge is 0.338 e. The van der Waals surface area contributed by atoms with Gasteiger partial charge in [0.1, 0.15) is 12.2 Å². The van der Waals surface area contributed by atoms with E-state index in [2.05, 4.69) is 0 Å². The predicted octanol–water partition coefficient (Wildman–Crippen LogP) is 7.50. The molecule has 7 rings (SSSR count). The first kappa shape index (κ1) is 35.1. The fourth-order valence-electron chi connectivity index (χ4n) is 8.78. The zero-order valence-corrected chi connectivity index (χ0v) is 29.6. The molecule has 1 aliphatic heterocycles. The molecule has 0 N–H and O–H groups in total. The van der Waals surface area contributed by atoms with E-state index in [0.717, 1.165) is 0 Å². The molecule has 0 amide bonds. The Hall–Kier alpha value is -5.28. The third-order valence-corrected chi connectivity index (χ3v) is 11.4. The Morgan fingerprint density at radius 3 is 1.38 bits per heavy atom. The molecule has 1 heterocycles. The average molecular weight is 703 g/mol. The van der Waals surface area contributed by atoms with Crippen molar-refractivity contribution in [1.29, 1.82) is 0 Å². The minimum atomic E-state index is -1.41. The van der Waals surface area contributed by atoms with Crippen molar-refractivity contribution in [1.82, 2.24) is 0 Å². The third-order valence-electron chi connectivity index (χ3n) is 11.4. The topological polar surface area (TPSA) is 114 Å². The molecular formula is C43H42O9. The molecule has 0 radical (unpaired) electrons. The van der Waals surface area contributed by atoms with Gasteiger partial charge in [-0.25, -0.2) is 19.2 Å². The van der Waals surface area contributed by atoms with Crippen LogP contribution in [0.25, 0.3) is 0 Å². The van der Waals surface area contributed by atoms with E-state index in [1.807, 2.05) is 27.7 Å². The van der Waals surface area contributed by atoms with E-state index >= 15 is 0 Å². The van der Waals surface area contributed by atoms with Crippen LogP contribution in [0.1, 0.15) is 82.0 Å². The molecule has 9 heteroatoms. The van der Waals surface area contributed by atoms with E-state index in [0.29, 0.717) is 23.1 Å². The zero-order chi connectivity index (χ0) is 36.7. The lowest BCUT2D eigenvalue weighted by Gasteiger charge is -2.62. The molecule has 268 valence electrons. The van der Waals surface area contributed by atoms with Gasteiger partial charge in [-0.2, -0.15) is 0 Å². The Morgan fingerprint density at radius 1 is 0.558 bits per heavy atom. The van der Waals surface area contributed by atoms with E-state index in [9.17, 15) is 19.2 Å². The second-order valence-corrected chi connectivity index (χ2v) is 14.8. The van der Waals surface area contributed by atoms with Crippen molar-refractivity contribution in [2.24, 2.45) is 17.3 Å². The van der Waals surface area contributed by atoms with Crippen molar-refractivity contribution in [3.8, 4) is 0 Å². The quantitative estimate of drug-likeness (QED) is 0.136. The van der Waals surface area contributed by atoms with Crippen LogP contribution in [0.5, 0.6) is 0 Å². The highest BCUT2D eigenvalue weighted by atomic mass is 16.6. The molecule has 3 aliphatic rings. The highest BCUT2D eigenvalue weighted by molar-refractivity contribution is 5.91. The number of carbonyl (C=O) groups excluding carboxylic acids is 4. The maximum absolute atomic E-state index is 14.1. The summed E-state index contributed by atoms with van der Waals surface area (Å²) in [5.41, 5.74) is -2.10. The number of hydrogen-bond acceptors (Lipinski definition) is 9. The van der Waals surface area contributed by atoms with Gasteiger partial charge in [0.15, 0.2) is 12.2 Å². The molecule has 2 bridgehead atoms. The number of hydrogen-bond donors (Lipinski definition) is 0. The maximum Gasteiger partial charge on any atom is 0.338 e. The van der Waals surface area contributed by atoms with Crippen molar-refractivity contribution in [3.05, 3.63) is 144 Å². The van der Waals surface area contributed by atoms with Crippen molar-refractivity contribution in [2.45, 2.75) is 76.2 Å².